The molecule has 1 amide bonds. The number of halogens is 3. The zero-order chi connectivity index (χ0) is 23.5. The number of carbonyl (C=O) groups is 1. The number of hydrogen-bond donors (Lipinski definition) is 2. The van der Waals surface area contributed by atoms with Gasteiger partial charge >= 0.3 is 6.18 Å². The molecule has 0 fully saturated rings. The van der Waals surface area contributed by atoms with E-state index in [0.29, 0.717) is 17.8 Å². The lowest BCUT2D eigenvalue weighted by Gasteiger charge is -2.33. The summed E-state index contributed by atoms with van der Waals surface area (Å²) in [6.45, 7) is 3.30. The third-order valence-electron chi connectivity index (χ3n) is 5.63. The first-order chi connectivity index (χ1) is 15.6. The van der Waals surface area contributed by atoms with E-state index in [4.69, 9.17) is 4.42 Å². The van der Waals surface area contributed by atoms with Crippen LogP contribution in [0.15, 0.2) is 35.0 Å². The normalized spacial score (nSPS) is 17.4. The van der Waals surface area contributed by atoms with Gasteiger partial charge in [-0.15, -0.1) is 0 Å². The summed E-state index contributed by atoms with van der Waals surface area (Å²) in [6.07, 6.45) is -3.65. The third-order valence-corrected chi connectivity index (χ3v) is 5.63. The van der Waals surface area contributed by atoms with Gasteiger partial charge in [0.1, 0.15) is 17.8 Å². The maximum Gasteiger partial charge on any atom is 0.433 e. The van der Waals surface area contributed by atoms with Crippen LogP contribution < -0.4 is 0 Å². The van der Waals surface area contributed by atoms with Crippen molar-refractivity contribution in [3.63, 3.8) is 0 Å². The van der Waals surface area contributed by atoms with E-state index >= 15 is 0 Å². The lowest BCUT2D eigenvalue weighted by atomic mass is 9.99. The predicted molar refractivity (Wildman–Crippen MR) is 107 cm³/mol. The summed E-state index contributed by atoms with van der Waals surface area (Å²) in [5.74, 6) is -0.555. The Kier molecular flexibility index (Phi) is 4.78. The number of oxazole rings is 1. The van der Waals surface area contributed by atoms with E-state index in [9.17, 15) is 23.1 Å². The summed E-state index contributed by atoms with van der Waals surface area (Å²) in [7, 11) is 0. The third kappa shape index (κ3) is 3.46. The summed E-state index contributed by atoms with van der Waals surface area (Å²) in [5.41, 5.74) is 1.13. The number of amides is 1. The second-order valence-electron chi connectivity index (χ2n) is 7.87. The molecule has 0 aliphatic carbocycles. The first kappa shape index (κ1) is 21.2. The minimum Gasteiger partial charge on any atom is -0.432 e. The van der Waals surface area contributed by atoms with E-state index in [2.05, 4.69) is 20.1 Å². The van der Waals surface area contributed by atoms with Crippen molar-refractivity contribution in [3.8, 4) is 0 Å². The Morgan fingerprint density at radius 1 is 1.36 bits per heavy atom. The molecule has 9 nitrogen and oxygen atoms in total. The van der Waals surface area contributed by atoms with Crippen LogP contribution in [-0.2, 0) is 12.6 Å². The summed E-state index contributed by atoms with van der Waals surface area (Å²) in [4.78, 5) is 26.4. The number of rotatable bonds is 3. The number of fused-ring (bicyclic) bond motifs is 2. The molecule has 2 N–H and O–H groups in total. The number of pyridine rings is 1. The fourth-order valence-electron chi connectivity index (χ4n) is 4.10. The van der Waals surface area contributed by atoms with E-state index in [1.165, 1.54) is 36.4 Å². The number of nitrogens with one attached hydrogen (secondary N) is 1. The van der Waals surface area contributed by atoms with Crippen molar-refractivity contribution in [2.75, 3.05) is 6.54 Å². The van der Waals surface area contributed by atoms with Gasteiger partial charge in [-0.05, 0) is 32.0 Å². The zero-order valence-electron chi connectivity index (χ0n) is 17.6. The number of alkyl halides is 3. The Balaban J connectivity index is 1.63. The molecule has 4 aromatic rings. The molecule has 0 spiro atoms. The first-order valence-corrected chi connectivity index (χ1v) is 10.2. The Bertz CT molecular complexity index is 1350. The first-order valence-electron chi connectivity index (χ1n) is 10.2. The number of carbonyl (C=O) groups excluding carboxylic acids is 1. The highest BCUT2D eigenvalue weighted by molar-refractivity contribution is 5.93. The molecule has 1 aliphatic heterocycles. The highest BCUT2D eigenvalue weighted by Crippen LogP contribution is 2.36. The van der Waals surface area contributed by atoms with Crippen molar-refractivity contribution in [2.24, 2.45) is 0 Å². The van der Waals surface area contributed by atoms with Crippen LogP contribution >= 0.6 is 0 Å². The van der Waals surface area contributed by atoms with Crippen LogP contribution in [0.25, 0.3) is 5.52 Å². The fraction of sp³-hybridized carbons (Fsp3) is 0.333. The second kappa shape index (κ2) is 7.44. The van der Waals surface area contributed by atoms with Gasteiger partial charge in [0.25, 0.3) is 5.91 Å². The predicted octanol–water partition coefficient (Wildman–Crippen LogP) is 3.21. The lowest BCUT2D eigenvalue weighted by Crippen LogP contribution is -2.41. The van der Waals surface area contributed by atoms with E-state index in [-0.39, 0.29) is 29.4 Å². The topological polar surface area (TPSA) is 113 Å². The Hall–Kier alpha value is -3.67. The molecule has 0 bridgehead atoms. The van der Waals surface area contributed by atoms with Crippen LogP contribution in [0, 0.1) is 6.92 Å². The fourth-order valence-corrected chi connectivity index (χ4v) is 4.10. The quantitative estimate of drug-likeness (QED) is 0.486. The number of nitrogens with zero attached hydrogens (tertiary/aromatic N) is 5. The van der Waals surface area contributed by atoms with E-state index in [0.717, 1.165) is 16.3 Å². The Morgan fingerprint density at radius 3 is 2.85 bits per heavy atom. The summed E-state index contributed by atoms with van der Waals surface area (Å²) in [5, 5.41) is 14.0. The molecule has 0 radical (unpaired) electrons. The molecule has 0 aromatic carbocycles. The maximum absolute atomic E-state index is 13.5. The minimum atomic E-state index is -4.60. The van der Waals surface area contributed by atoms with Crippen LogP contribution in [0.5, 0.6) is 0 Å². The molecule has 1 aliphatic rings. The maximum atomic E-state index is 13.5. The van der Waals surface area contributed by atoms with Crippen molar-refractivity contribution in [1.82, 2.24) is 29.5 Å². The average molecular weight is 460 g/mol. The SMILES string of the molecule is Cc1nc([C@H](C)O)oc1C(=O)N1CCc2[nH]cnc2[C@@H]1c1cc2cccc(C(F)(F)F)n2n1. The molecule has 172 valence electrons. The zero-order valence-corrected chi connectivity index (χ0v) is 17.6. The molecule has 12 heteroatoms. The van der Waals surface area contributed by atoms with Crippen molar-refractivity contribution < 1.29 is 27.5 Å². The van der Waals surface area contributed by atoms with Gasteiger partial charge in [0.2, 0.25) is 11.7 Å². The molecule has 5 heterocycles. The minimum absolute atomic E-state index is 0.00687. The Labute approximate surface area is 184 Å². The number of H-pyrrole nitrogens is 1. The van der Waals surface area contributed by atoms with Gasteiger partial charge in [0.05, 0.1) is 28.9 Å². The van der Waals surface area contributed by atoms with Crippen LogP contribution in [0.3, 0.4) is 0 Å². The molecule has 2 atom stereocenters. The monoisotopic (exact) mass is 460 g/mol. The largest absolute Gasteiger partial charge is 0.433 e. The highest BCUT2D eigenvalue weighted by Gasteiger charge is 2.39. The van der Waals surface area contributed by atoms with E-state index in [1.807, 2.05) is 0 Å². The number of aliphatic hydroxyl groups excluding tert-OH is 1. The van der Waals surface area contributed by atoms with Gasteiger partial charge in [-0.1, -0.05) is 6.07 Å². The number of aromatic amines is 1. The van der Waals surface area contributed by atoms with Gasteiger partial charge in [0, 0.05) is 18.7 Å². The summed E-state index contributed by atoms with van der Waals surface area (Å²) in [6, 6.07) is 4.44. The Morgan fingerprint density at radius 2 is 2.15 bits per heavy atom. The van der Waals surface area contributed by atoms with Gasteiger partial charge in [-0.2, -0.15) is 18.3 Å². The number of aromatic nitrogens is 5. The number of hydrogen-bond acceptors (Lipinski definition) is 6. The van der Waals surface area contributed by atoms with Crippen LogP contribution in [0.1, 0.15) is 64.0 Å². The number of aliphatic hydroxyl groups is 1. The molecule has 33 heavy (non-hydrogen) atoms. The summed E-state index contributed by atoms with van der Waals surface area (Å²) < 4.78 is 46.9. The van der Waals surface area contributed by atoms with Crippen LogP contribution in [0.2, 0.25) is 0 Å². The molecule has 0 saturated heterocycles. The van der Waals surface area contributed by atoms with Gasteiger partial charge in [-0.25, -0.2) is 14.5 Å². The van der Waals surface area contributed by atoms with Crippen molar-refractivity contribution >= 4 is 11.4 Å². The van der Waals surface area contributed by atoms with Gasteiger partial charge < -0.3 is 19.4 Å². The van der Waals surface area contributed by atoms with E-state index in [1.54, 1.807) is 6.92 Å². The number of aryl methyl sites for hydroxylation is 1. The van der Waals surface area contributed by atoms with Crippen molar-refractivity contribution in [2.45, 2.75) is 38.6 Å². The van der Waals surface area contributed by atoms with Crippen LogP contribution in [0.4, 0.5) is 13.2 Å². The van der Waals surface area contributed by atoms with Crippen LogP contribution in [-0.4, -0.2) is 47.0 Å². The molecule has 0 saturated carbocycles. The summed E-state index contributed by atoms with van der Waals surface area (Å²) >= 11 is 0. The molecular weight excluding hydrogens is 441 g/mol. The molecule has 5 rings (SSSR count). The lowest BCUT2D eigenvalue weighted by molar-refractivity contribution is -0.142. The second-order valence-corrected chi connectivity index (χ2v) is 7.87. The number of imidazole rings is 1. The standard InChI is InChI=1S/C21H19F3N6O3/c1-10-18(33-19(27-10)11(2)31)20(32)29-7-6-13-16(26-9-25-13)17(29)14-8-12-4-3-5-15(21(22,23)24)30(12)28-14/h3-5,8-9,11,17,31H,6-7H2,1-2H3,(H,25,26)/t11-,17-/m0/s1. The molecule has 4 aromatic heterocycles. The van der Waals surface area contributed by atoms with E-state index < -0.39 is 29.9 Å². The molecular formula is C21H19F3N6O3. The van der Waals surface area contributed by atoms with Gasteiger partial charge in [0.15, 0.2) is 0 Å². The van der Waals surface area contributed by atoms with Crippen molar-refractivity contribution in [1.29, 1.82) is 0 Å². The van der Waals surface area contributed by atoms with Crippen molar-refractivity contribution in [3.05, 3.63) is 70.7 Å². The van der Waals surface area contributed by atoms with Gasteiger partial charge in [-0.3, -0.25) is 4.79 Å². The smallest absolute Gasteiger partial charge is 0.432 e. The highest BCUT2D eigenvalue weighted by atomic mass is 19.4. The molecule has 0 unspecified atom stereocenters. The average Bonchev–Trinajstić information content (AvgIpc) is 3.48.